The van der Waals surface area contributed by atoms with Crippen molar-refractivity contribution in [3.8, 4) is 0 Å². The Morgan fingerprint density at radius 2 is 2.22 bits per heavy atom. The maximum absolute atomic E-state index is 11.6. The average Bonchev–Trinajstić information content (AvgIpc) is 2.77. The molecule has 0 aliphatic carbocycles. The summed E-state index contributed by atoms with van der Waals surface area (Å²) in [4.78, 5) is 11.6. The van der Waals surface area contributed by atoms with Crippen LogP contribution in [0, 0.1) is 0 Å². The van der Waals surface area contributed by atoms with Crippen molar-refractivity contribution >= 4 is 11.9 Å². The van der Waals surface area contributed by atoms with Crippen molar-refractivity contribution in [1.29, 1.82) is 0 Å². The molecular formula is C10H19N5O3. The first-order chi connectivity index (χ1) is 8.54. The van der Waals surface area contributed by atoms with Gasteiger partial charge in [-0.15, -0.1) is 5.10 Å². The molecule has 1 heterocycles. The van der Waals surface area contributed by atoms with E-state index in [4.69, 9.17) is 14.9 Å². The predicted octanol–water partition coefficient (Wildman–Crippen LogP) is -0.348. The van der Waals surface area contributed by atoms with Crippen molar-refractivity contribution < 1.29 is 13.9 Å². The van der Waals surface area contributed by atoms with Crippen molar-refractivity contribution in [3.63, 3.8) is 0 Å². The Bertz CT molecular complexity index is 379. The highest BCUT2D eigenvalue weighted by Gasteiger charge is 2.16. The Hall–Kier alpha value is -1.67. The summed E-state index contributed by atoms with van der Waals surface area (Å²) in [7, 11) is 1.57. The van der Waals surface area contributed by atoms with Gasteiger partial charge in [-0.3, -0.25) is 4.79 Å². The number of hydrogen-bond donors (Lipinski definition) is 3. The number of amides is 1. The van der Waals surface area contributed by atoms with Gasteiger partial charge in [-0.05, 0) is 13.8 Å². The van der Waals surface area contributed by atoms with Gasteiger partial charge in [-0.2, -0.15) is 0 Å². The number of nitrogens with one attached hydrogen (secondary N) is 2. The molecule has 0 saturated carbocycles. The number of carbonyl (C=O) groups is 1. The number of rotatable bonds is 7. The van der Waals surface area contributed by atoms with E-state index in [1.807, 2.05) is 0 Å². The van der Waals surface area contributed by atoms with E-state index in [1.54, 1.807) is 21.0 Å². The van der Waals surface area contributed by atoms with Crippen LogP contribution < -0.4 is 16.4 Å². The highest BCUT2D eigenvalue weighted by atomic mass is 16.5. The number of methoxy groups -OCH3 is 1. The minimum absolute atomic E-state index is 0.174. The number of anilines is 1. The molecule has 0 radical (unpaired) electrons. The monoisotopic (exact) mass is 257 g/mol. The summed E-state index contributed by atoms with van der Waals surface area (Å²) >= 11 is 0. The number of nitrogens with two attached hydrogens (primary N) is 1. The zero-order chi connectivity index (χ0) is 13.5. The summed E-state index contributed by atoms with van der Waals surface area (Å²) in [5.41, 5.74) is 5.58. The summed E-state index contributed by atoms with van der Waals surface area (Å²) < 4.78 is 10.1. The smallest absolute Gasteiger partial charge is 0.316 e. The van der Waals surface area contributed by atoms with E-state index in [-0.39, 0.29) is 18.0 Å². The van der Waals surface area contributed by atoms with Gasteiger partial charge in [0.25, 0.3) is 0 Å². The second-order valence-electron chi connectivity index (χ2n) is 3.88. The highest BCUT2D eigenvalue weighted by molar-refractivity contribution is 5.83. The third kappa shape index (κ3) is 4.30. The van der Waals surface area contributed by atoms with Gasteiger partial charge >= 0.3 is 6.01 Å². The van der Waals surface area contributed by atoms with E-state index in [2.05, 4.69) is 20.8 Å². The molecule has 0 bridgehead atoms. The van der Waals surface area contributed by atoms with Crippen LogP contribution in [-0.2, 0) is 9.53 Å². The van der Waals surface area contributed by atoms with Crippen LogP contribution in [0.4, 0.5) is 6.01 Å². The highest BCUT2D eigenvalue weighted by Crippen LogP contribution is 2.11. The molecule has 8 heteroatoms. The SMILES string of the molecule is COCCNC(=O)C(C)Nc1nnc(C(C)N)o1. The number of aromatic nitrogens is 2. The lowest BCUT2D eigenvalue weighted by atomic mass is 10.3. The molecule has 0 aliphatic rings. The van der Waals surface area contributed by atoms with Crippen molar-refractivity contribution in [1.82, 2.24) is 15.5 Å². The van der Waals surface area contributed by atoms with Crippen LogP contribution in [0.1, 0.15) is 25.8 Å². The number of ether oxygens (including phenoxy) is 1. The zero-order valence-corrected chi connectivity index (χ0v) is 10.8. The van der Waals surface area contributed by atoms with Gasteiger partial charge in [-0.25, -0.2) is 0 Å². The van der Waals surface area contributed by atoms with Crippen molar-refractivity contribution in [3.05, 3.63) is 5.89 Å². The second-order valence-corrected chi connectivity index (χ2v) is 3.88. The van der Waals surface area contributed by atoms with Gasteiger partial charge in [0.15, 0.2) is 0 Å². The van der Waals surface area contributed by atoms with Crippen LogP contribution in [0.25, 0.3) is 0 Å². The van der Waals surface area contributed by atoms with Crippen LogP contribution >= 0.6 is 0 Å². The molecule has 1 rings (SSSR count). The number of carbonyl (C=O) groups excluding carboxylic acids is 1. The lowest BCUT2D eigenvalue weighted by Gasteiger charge is -2.11. The second kappa shape index (κ2) is 6.92. The fraction of sp³-hybridized carbons (Fsp3) is 0.700. The van der Waals surface area contributed by atoms with E-state index in [1.165, 1.54) is 0 Å². The molecule has 0 spiro atoms. The van der Waals surface area contributed by atoms with Crippen molar-refractivity contribution in [2.75, 3.05) is 25.6 Å². The normalized spacial score (nSPS) is 14.0. The first-order valence-corrected chi connectivity index (χ1v) is 5.66. The van der Waals surface area contributed by atoms with Crippen LogP contribution in [-0.4, -0.2) is 42.4 Å². The third-order valence-electron chi connectivity index (χ3n) is 2.17. The van der Waals surface area contributed by atoms with Gasteiger partial charge in [0.1, 0.15) is 6.04 Å². The predicted molar refractivity (Wildman–Crippen MR) is 64.9 cm³/mol. The molecule has 0 saturated heterocycles. The summed E-state index contributed by atoms with van der Waals surface area (Å²) in [5, 5.41) is 13.0. The standard InChI is InChI=1S/C10H19N5O3/c1-6(11)9-14-15-10(18-9)13-7(2)8(16)12-4-5-17-3/h6-7H,4-5,11H2,1-3H3,(H,12,16)(H,13,15). The third-order valence-corrected chi connectivity index (χ3v) is 2.17. The maximum Gasteiger partial charge on any atom is 0.316 e. The Morgan fingerprint density at radius 3 is 2.78 bits per heavy atom. The van der Waals surface area contributed by atoms with E-state index in [9.17, 15) is 4.79 Å². The van der Waals surface area contributed by atoms with E-state index < -0.39 is 6.04 Å². The fourth-order valence-electron chi connectivity index (χ4n) is 1.16. The molecular weight excluding hydrogens is 238 g/mol. The molecule has 18 heavy (non-hydrogen) atoms. The quantitative estimate of drug-likeness (QED) is 0.572. The van der Waals surface area contributed by atoms with Crippen LogP contribution in [0.2, 0.25) is 0 Å². The lowest BCUT2D eigenvalue weighted by Crippen LogP contribution is -2.39. The van der Waals surface area contributed by atoms with Crippen LogP contribution in [0.5, 0.6) is 0 Å². The fourth-order valence-corrected chi connectivity index (χ4v) is 1.16. The number of hydrogen-bond acceptors (Lipinski definition) is 7. The Labute approximate surface area is 105 Å². The molecule has 102 valence electrons. The maximum atomic E-state index is 11.6. The largest absolute Gasteiger partial charge is 0.406 e. The summed E-state index contributed by atoms with van der Waals surface area (Å²) in [6, 6.07) is -0.640. The van der Waals surface area contributed by atoms with E-state index >= 15 is 0 Å². The molecule has 1 aromatic heterocycles. The lowest BCUT2D eigenvalue weighted by molar-refractivity contribution is -0.121. The Balaban J connectivity index is 2.42. The molecule has 2 atom stereocenters. The molecule has 4 N–H and O–H groups in total. The van der Waals surface area contributed by atoms with Gasteiger partial charge < -0.3 is 25.5 Å². The first kappa shape index (κ1) is 14.4. The summed E-state index contributed by atoms with van der Waals surface area (Å²) in [5.74, 6) is 0.150. The molecule has 0 aliphatic heterocycles. The van der Waals surface area contributed by atoms with Crippen molar-refractivity contribution in [2.45, 2.75) is 25.9 Å². The van der Waals surface area contributed by atoms with E-state index in [0.29, 0.717) is 19.0 Å². The first-order valence-electron chi connectivity index (χ1n) is 5.66. The topological polar surface area (TPSA) is 115 Å². The zero-order valence-electron chi connectivity index (χ0n) is 10.8. The van der Waals surface area contributed by atoms with E-state index in [0.717, 1.165) is 0 Å². The van der Waals surface area contributed by atoms with Crippen LogP contribution in [0.3, 0.4) is 0 Å². The molecule has 0 fully saturated rings. The van der Waals surface area contributed by atoms with Crippen LogP contribution in [0.15, 0.2) is 4.42 Å². The van der Waals surface area contributed by atoms with Gasteiger partial charge in [0, 0.05) is 13.7 Å². The van der Waals surface area contributed by atoms with Gasteiger partial charge in [-0.1, -0.05) is 5.10 Å². The molecule has 1 aromatic rings. The minimum Gasteiger partial charge on any atom is -0.406 e. The minimum atomic E-state index is -0.483. The Kier molecular flexibility index (Phi) is 5.53. The number of nitrogens with zero attached hydrogens (tertiary/aromatic N) is 2. The Morgan fingerprint density at radius 1 is 1.50 bits per heavy atom. The van der Waals surface area contributed by atoms with Gasteiger partial charge in [0.2, 0.25) is 11.8 Å². The molecule has 1 amide bonds. The molecule has 8 nitrogen and oxygen atoms in total. The molecule has 2 unspecified atom stereocenters. The van der Waals surface area contributed by atoms with Gasteiger partial charge in [0.05, 0.1) is 12.6 Å². The van der Waals surface area contributed by atoms with Crippen molar-refractivity contribution in [2.24, 2.45) is 5.73 Å². The average molecular weight is 257 g/mol. The summed E-state index contributed by atoms with van der Waals surface area (Å²) in [6.45, 7) is 4.35. The summed E-state index contributed by atoms with van der Waals surface area (Å²) in [6.07, 6.45) is 0. The molecule has 0 aromatic carbocycles.